The summed E-state index contributed by atoms with van der Waals surface area (Å²) in [4.78, 5) is 0. The van der Waals surface area contributed by atoms with Gasteiger partial charge in [-0.2, -0.15) is 0 Å². The van der Waals surface area contributed by atoms with Crippen LogP contribution in [0.15, 0.2) is 0 Å². The SMILES string of the molecule is CCC[N]1CCC[N](CCC)[Sn]1([CH](C)C)[CH](C)C. The van der Waals surface area contributed by atoms with Crippen molar-refractivity contribution in [2.45, 2.75) is 68.7 Å². The molecule has 1 heterocycles. The molecule has 0 spiro atoms. The molecule has 0 radical (unpaired) electrons. The first-order valence-corrected chi connectivity index (χ1v) is 13.9. The monoisotopic (exact) mass is 362 g/mol. The van der Waals surface area contributed by atoms with Crippen LogP contribution in [0.25, 0.3) is 0 Å². The van der Waals surface area contributed by atoms with Gasteiger partial charge in [0.2, 0.25) is 0 Å². The molecular weight excluding hydrogens is 327 g/mol. The van der Waals surface area contributed by atoms with Gasteiger partial charge >= 0.3 is 120 Å². The van der Waals surface area contributed by atoms with Crippen molar-refractivity contribution in [2.24, 2.45) is 0 Å². The van der Waals surface area contributed by atoms with E-state index in [-0.39, 0.29) is 0 Å². The Balaban J connectivity index is 3.09. The molecule has 3 heteroatoms. The van der Waals surface area contributed by atoms with Gasteiger partial charge < -0.3 is 0 Å². The van der Waals surface area contributed by atoms with Gasteiger partial charge in [0.05, 0.1) is 0 Å². The second kappa shape index (κ2) is 7.49. The Hall–Kier alpha value is 0.719. The van der Waals surface area contributed by atoms with Crippen LogP contribution in [0.1, 0.15) is 60.8 Å². The molecule has 1 rings (SSSR count). The van der Waals surface area contributed by atoms with Crippen LogP contribution < -0.4 is 0 Å². The van der Waals surface area contributed by atoms with Crippen molar-refractivity contribution in [3.63, 3.8) is 0 Å². The van der Waals surface area contributed by atoms with Gasteiger partial charge in [0, 0.05) is 0 Å². The standard InChI is InChI=1S/C9H20N2.2C3H7.Sn/c1-3-6-10-8-5-9-11-7-4-2;2*1-3-2;/h3-9H2,1-2H3;2*3H,1-2H3;/q-2;;;+2. The van der Waals surface area contributed by atoms with Gasteiger partial charge in [0.25, 0.3) is 0 Å². The van der Waals surface area contributed by atoms with Gasteiger partial charge in [-0.05, 0) is 0 Å². The number of hydrogen-bond acceptors (Lipinski definition) is 2. The first-order valence-electron chi connectivity index (χ1n) is 8.01. The Bertz CT molecular complexity index is 213. The van der Waals surface area contributed by atoms with Crippen molar-refractivity contribution in [2.75, 3.05) is 26.2 Å². The van der Waals surface area contributed by atoms with Gasteiger partial charge in [0.15, 0.2) is 0 Å². The summed E-state index contributed by atoms with van der Waals surface area (Å²) in [5, 5.41) is 0. The van der Waals surface area contributed by atoms with Crippen molar-refractivity contribution in [1.29, 1.82) is 0 Å². The molecule has 2 nitrogen and oxygen atoms in total. The van der Waals surface area contributed by atoms with Crippen molar-refractivity contribution in [3.05, 3.63) is 0 Å². The molecule has 18 heavy (non-hydrogen) atoms. The van der Waals surface area contributed by atoms with Crippen LogP contribution in [0.2, 0.25) is 7.87 Å². The molecule has 0 aromatic rings. The quantitative estimate of drug-likeness (QED) is 0.658. The molecule has 0 aromatic carbocycles. The number of hydrogen-bond donors (Lipinski definition) is 0. The van der Waals surface area contributed by atoms with E-state index >= 15 is 0 Å². The van der Waals surface area contributed by atoms with Crippen LogP contribution in [0.5, 0.6) is 0 Å². The molecular formula is C15H34N2Sn. The molecule has 0 N–H and O–H groups in total. The Labute approximate surface area is 120 Å². The molecule has 0 amide bonds. The molecule has 0 aliphatic carbocycles. The molecule has 0 bridgehead atoms. The van der Waals surface area contributed by atoms with Crippen LogP contribution >= 0.6 is 0 Å². The summed E-state index contributed by atoms with van der Waals surface area (Å²) in [7, 11) is 0. The van der Waals surface area contributed by atoms with E-state index in [1.54, 1.807) is 0 Å². The van der Waals surface area contributed by atoms with Crippen LogP contribution in [-0.4, -0.2) is 51.3 Å². The first-order chi connectivity index (χ1) is 8.51. The Kier molecular flexibility index (Phi) is 6.98. The third-order valence-electron chi connectivity index (χ3n) is 4.56. The fourth-order valence-electron chi connectivity index (χ4n) is 4.26. The molecule has 0 atom stereocenters. The normalized spacial score (nSPS) is 22.0. The second-order valence-corrected chi connectivity index (χ2v) is 21.1. The molecule has 1 saturated heterocycles. The zero-order valence-corrected chi connectivity index (χ0v) is 16.4. The van der Waals surface area contributed by atoms with Gasteiger partial charge in [-0.1, -0.05) is 0 Å². The average Bonchev–Trinajstić information content (AvgIpc) is 2.29. The molecule has 0 unspecified atom stereocenters. The van der Waals surface area contributed by atoms with E-state index in [4.69, 9.17) is 0 Å². The van der Waals surface area contributed by atoms with E-state index in [0.29, 0.717) is 0 Å². The molecule has 108 valence electrons. The summed E-state index contributed by atoms with van der Waals surface area (Å²) in [5.41, 5.74) is 0. The molecule has 1 aliphatic heterocycles. The van der Waals surface area contributed by atoms with Crippen molar-refractivity contribution < 1.29 is 0 Å². The molecule has 1 aliphatic rings. The summed E-state index contributed by atoms with van der Waals surface area (Å²) < 4.78 is 7.78. The average molecular weight is 361 g/mol. The maximum atomic E-state index is 2.99. The van der Waals surface area contributed by atoms with Crippen LogP contribution in [0, 0.1) is 0 Å². The van der Waals surface area contributed by atoms with E-state index in [1.807, 2.05) is 0 Å². The van der Waals surface area contributed by atoms with E-state index < -0.39 is 18.9 Å². The fourth-order valence-corrected chi connectivity index (χ4v) is 23.8. The topological polar surface area (TPSA) is 6.48 Å². The van der Waals surface area contributed by atoms with Gasteiger partial charge in [-0.25, -0.2) is 0 Å². The minimum absolute atomic E-state index is 0.901. The predicted molar refractivity (Wildman–Crippen MR) is 84.3 cm³/mol. The van der Waals surface area contributed by atoms with Crippen LogP contribution in [-0.2, 0) is 0 Å². The van der Waals surface area contributed by atoms with Gasteiger partial charge in [-0.15, -0.1) is 0 Å². The summed E-state index contributed by atoms with van der Waals surface area (Å²) >= 11 is -2.37. The van der Waals surface area contributed by atoms with Crippen molar-refractivity contribution in [3.8, 4) is 0 Å². The minimum atomic E-state index is -2.37. The fraction of sp³-hybridized carbons (Fsp3) is 1.00. The van der Waals surface area contributed by atoms with Gasteiger partial charge in [-0.3, -0.25) is 0 Å². The zero-order chi connectivity index (χ0) is 13.8. The predicted octanol–water partition coefficient (Wildman–Crippen LogP) is 4.08. The summed E-state index contributed by atoms with van der Waals surface area (Å²) in [6, 6.07) is 0. The number of rotatable bonds is 6. The first kappa shape index (κ1) is 16.8. The summed E-state index contributed by atoms with van der Waals surface area (Å²) in [5.74, 6) is 0. The van der Waals surface area contributed by atoms with E-state index in [9.17, 15) is 0 Å². The van der Waals surface area contributed by atoms with Crippen molar-refractivity contribution in [1.82, 2.24) is 6.24 Å². The van der Waals surface area contributed by atoms with Crippen LogP contribution in [0.4, 0.5) is 0 Å². The van der Waals surface area contributed by atoms with Crippen LogP contribution in [0.3, 0.4) is 0 Å². The number of nitrogens with zero attached hydrogens (tertiary/aromatic N) is 2. The maximum absolute atomic E-state index is 2.99. The molecule has 0 aromatic heterocycles. The van der Waals surface area contributed by atoms with Gasteiger partial charge in [0.1, 0.15) is 0 Å². The third kappa shape index (κ3) is 3.06. The van der Waals surface area contributed by atoms with E-state index in [1.165, 1.54) is 45.4 Å². The summed E-state index contributed by atoms with van der Waals surface area (Å²) in [6.07, 6.45) is 4.02. The second-order valence-electron chi connectivity index (χ2n) is 6.42. The Morgan fingerprint density at radius 1 is 0.833 bits per heavy atom. The Morgan fingerprint density at radius 2 is 1.22 bits per heavy atom. The van der Waals surface area contributed by atoms with E-state index in [0.717, 1.165) is 7.87 Å². The molecule has 1 fully saturated rings. The zero-order valence-electron chi connectivity index (χ0n) is 13.5. The summed E-state index contributed by atoms with van der Waals surface area (Å²) in [6.45, 7) is 20.1. The van der Waals surface area contributed by atoms with Crippen molar-refractivity contribution >= 4 is 18.9 Å². The third-order valence-corrected chi connectivity index (χ3v) is 22.6. The Morgan fingerprint density at radius 3 is 1.50 bits per heavy atom. The van der Waals surface area contributed by atoms with E-state index in [2.05, 4.69) is 47.8 Å². The molecule has 0 saturated carbocycles.